The first-order valence-corrected chi connectivity index (χ1v) is 11.2. The highest BCUT2D eigenvalue weighted by Crippen LogP contribution is 2.40. The van der Waals surface area contributed by atoms with E-state index in [1.807, 2.05) is 26.0 Å². The molecular weight excluding hydrogens is 479 g/mol. The minimum atomic E-state index is -0.926. The van der Waals surface area contributed by atoms with Gasteiger partial charge in [-0.3, -0.25) is 4.79 Å². The maximum Gasteiger partial charge on any atom is 0.303 e. The molecule has 2 N–H and O–H groups in total. The van der Waals surface area contributed by atoms with Crippen molar-refractivity contribution in [3.8, 4) is 11.5 Å². The molecule has 2 rings (SSSR count). The molecule has 32 heavy (non-hydrogen) atoms. The van der Waals surface area contributed by atoms with E-state index in [0.29, 0.717) is 21.5 Å². The summed E-state index contributed by atoms with van der Waals surface area (Å²) in [4.78, 5) is 11.1. The molecule has 0 aromatic heterocycles. The number of benzene rings is 2. The topological polar surface area (TPSA) is 85.2 Å². The molecule has 0 fully saturated rings. The lowest BCUT2D eigenvalue weighted by Crippen LogP contribution is -2.26. The van der Waals surface area contributed by atoms with Crippen molar-refractivity contribution >= 4 is 40.8 Å². The van der Waals surface area contributed by atoms with E-state index >= 15 is 0 Å². The molecule has 176 valence electrons. The van der Waals surface area contributed by atoms with E-state index in [1.54, 1.807) is 24.3 Å². The van der Waals surface area contributed by atoms with Crippen LogP contribution in [-0.4, -0.2) is 54.1 Å². The van der Waals surface area contributed by atoms with E-state index in [-0.39, 0.29) is 25.7 Å². The molecule has 9 heteroatoms. The molecule has 0 heterocycles. The number of carbonyl (C=O) groups excluding carboxylic acids is 1. The number of ether oxygens (including phenoxy) is 3. The number of halogens is 3. The summed E-state index contributed by atoms with van der Waals surface area (Å²) >= 11 is 18.7. The maximum absolute atomic E-state index is 11.1. The highest BCUT2D eigenvalue weighted by Gasteiger charge is 2.26. The molecule has 6 nitrogen and oxygen atoms in total. The summed E-state index contributed by atoms with van der Waals surface area (Å²) in [6.45, 7) is 5.04. The van der Waals surface area contributed by atoms with Gasteiger partial charge in [0, 0.05) is 12.3 Å². The minimum absolute atomic E-state index is 0.00789. The highest BCUT2D eigenvalue weighted by atomic mass is 35.5. The van der Waals surface area contributed by atoms with Crippen molar-refractivity contribution in [2.75, 3.05) is 25.7 Å². The summed E-state index contributed by atoms with van der Waals surface area (Å²) in [5.74, 6) is 0.507. The van der Waals surface area contributed by atoms with Crippen molar-refractivity contribution in [3.63, 3.8) is 0 Å². The number of carbonyl (C=O) groups is 1. The Balaban J connectivity index is 2.17. The smallest absolute Gasteiger partial charge is 0.303 e. The second-order valence-electron chi connectivity index (χ2n) is 7.76. The Labute approximate surface area is 203 Å². The van der Waals surface area contributed by atoms with Crippen LogP contribution >= 0.6 is 34.8 Å². The molecule has 0 bridgehead atoms. The lowest BCUT2D eigenvalue weighted by atomic mass is 9.78. The second kappa shape index (κ2) is 12.0. The van der Waals surface area contributed by atoms with Gasteiger partial charge in [-0.15, -0.1) is 11.6 Å². The fourth-order valence-electron chi connectivity index (χ4n) is 2.96. The van der Waals surface area contributed by atoms with Crippen molar-refractivity contribution in [2.45, 2.75) is 38.4 Å². The summed E-state index contributed by atoms with van der Waals surface area (Å²) in [6.07, 6.45) is -1.54. The number of aliphatic hydroxyl groups excluding tert-OH is 2. The van der Waals surface area contributed by atoms with Crippen LogP contribution in [0.5, 0.6) is 11.5 Å². The Morgan fingerprint density at radius 1 is 1.03 bits per heavy atom. The van der Waals surface area contributed by atoms with Gasteiger partial charge in [0.1, 0.15) is 31.2 Å². The van der Waals surface area contributed by atoms with Crippen LogP contribution in [-0.2, 0) is 14.9 Å². The number of hydrogen-bond donors (Lipinski definition) is 2. The average molecular weight is 506 g/mol. The third-order valence-corrected chi connectivity index (χ3v) is 5.77. The van der Waals surface area contributed by atoms with Gasteiger partial charge in [-0.05, 0) is 35.4 Å². The normalized spacial score (nSPS) is 13.4. The van der Waals surface area contributed by atoms with E-state index in [2.05, 4.69) is 0 Å². The largest absolute Gasteiger partial charge is 0.491 e. The molecule has 0 aliphatic carbocycles. The van der Waals surface area contributed by atoms with Crippen LogP contribution in [0.2, 0.25) is 10.0 Å². The zero-order valence-corrected chi connectivity index (χ0v) is 20.4. The molecule has 0 amide bonds. The van der Waals surface area contributed by atoms with Crippen LogP contribution in [0.1, 0.15) is 31.9 Å². The molecule has 0 aliphatic rings. The Morgan fingerprint density at radius 2 is 1.62 bits per heavy atom. The number of hydrogen-bond acceptors (Lipinski definition) is 6. The number of esters is 1. The first-order chi connectivity index (χ1) is 15.1. The van der Waals surface area contributed by atoms with E-state index in [0.717, 1.165) is 11.1 Å². The van der Waals surface area contributed by atoms with Crippen LogP contribution in [0.4, 0.5) is 0 Å². The van der Waals surface area contributed by atoms with Gasteiger partial charge in [0.15, 0.2) is 5.75 Å². The van der Waals surface area contributed by atoms with Gasteiger partial charge in [-0.25, -0.2) is 0 Å². The summed E-state index contributed by atoms with van der Waals surface area (Å²) < 4.78 is 16.2. The van der Waals surface area contributed by atoms with Crippen LogP contribution in [0.25, 0.3) is 0 Å². The third-order valence-electron chi connectivity index (χ3n) is 4.87. The Bertz CT molecular complexity index is 878. The number of aliphatic hydroxyl groups is 2. The van der Waals surface area contributed by atoms with Crippen LogP contribution in [0.3, 0.4) is 0 Å². The van der Waals surface area contributed by atoms with E-state index in [9.17, 15) is 9.90 Å². The van der Waals surface area contributed by atoms with E-state index in [4.69, 9.17) is 54.1 Å². The molecule has 0 spiro atoms. The maximum atomic E-state index is 11.1. The van der Waals surface area contributed by atoms with Crippen LogP contribution in [0.15, 0.2) is 36.4 Å². The Kier molecular flexibility index (Phi) is 9.92. The van der Waals surface area contributed by atoms with Gasteiger partial charge in [0.25, 0.3) is 0 Å². The van der Waals surface area contributed by atoms with Crippen LogP contribution < -0.4 is 9.47 Å². The van der Waals surface area contributed by atoms with Crippen molar-refractivity contribution in [3.05, 3.63) is 57.6 Å². The highest BCUT2D eigenvalue weighted by molar-refractivity contribution is 6.37. The molecule has 0 radical (unpaired) electrons. The Morgan fingerprint density at radius 3 is 2.12 bits per heavy atom. The van der Waals surface area contributed by atoms with Crippen molar-refractivity contribution in [1.29, 1.82) is 0 Å². The quantitative estimate of drug-likeness (QED) is 0.343. The fraction of sp³-hybridized carbons (Fsp3) is 0.435. The molecule has 2 atom stereocenters. The van der Waals surface area contributed by atoms with E-state index in [1.165, 1.54) is 6.92 Å². The first-order valence-electron chi connectivity index (χ1n) is 9.96. The van der Waals surface area contributed by atoms with Crippen molar-refractivity contribution in [1.82, 2.24) is 0 Å². The number of alkyl halides is 1. The third kappa shape index (κ3) is 7.15. The first kappa shape index (κ1) is 26.6. The predicted molar refractivity (Wildman–Crippen MR) is 125 cm³/mol. The van der Waals surface area contributed by atoms with Gasteiger partial charge in [-0.1, -0.05) is 49.2 Å². The predicted octanol–water partition coefficient (Wildman–Crippen LogP) is 4.60. The lowest BCUT2D eigenvalue weighted by Gasteiger charge is -2.27. The summed E-state index contributed by atoms with van der Waals surface area (Å²) in [5.41, 5.74) is 1.43. The van der Waals surface area contributed by atoms with Crippen molar-refractivity contribution in [2.24, 2.45) is 0 Å². The molecule has 0 unspecified atom stereocenters. The average Bonchev–Trinajstić information content (AvgIpc) is 2.75. The molecule has 0 saturated carbocycles. The van der Waals surface area contributed by atoms with E-state index < -0.39 is 23.6 Å². The molecule has 2 aromatic rings. The van der Waals surface area contributed by atoms with Crippen molar-refractivity contribution < 1.29 is 29.2 Å². The summed E-state index contributed by atoms with van der Waals surface area (Å²) in [7, 11) is 0. The summed E-state index contributed by atoms with van der Waals surface area (Å²) in [6, 6.07) is 11.0. The zero-order valence-electron chi connectivity index (χ0n) is 18.1. The monoisotopic (exact) mass is 504 g/mol. The van der Waals surface area contributed by atoms with Gasteiger partial charge >= 0.3 is 5.97 Å². The van der Waals surface area contributed by atoms with Gasteiger partial charge in [0.2, 0.25) is 0 Å². The minimum Gasteiger partial charge on any atom is -0.491 e. The van der Waals surface area contributed by atoms with Gasteiger partial charge < -0.3 is 24.4 Å². The molecule has 0 saturated heterocycles. The zero-order chi connectivity index (χ0) is 23.9. The second-order valence-corrected chi connectivity index (χ2v) is 8.89. The SMILES string of the molecule is CC(=O)O[C@H](CCl)COc1c(Cl)cc(C(C)(C)c2ccc(OC[C@H](O)CO)cc2)cc1Cl. The standard InChI is InChI=1S/C23H27Cl3O6/c1-14(28)32-19(10-24)13-31-22-20(25)8-16(9-21(22)26)23(2,3)15-4-6-18(7-5-15)30-12-17(29)11-27/h4-9,17,19,27,29H,10-13H2,1-3H3/t17-,19-/m1/s1. The number of rotatable bonds is 11. The molecular formula is C23H27Cl3O6. The lowest BCUT2D eigenvalue weighted by molar-refractivity contribution is -0.146. The molecule has 0 aliphatic heterocycles. The fourth-order valence-corrected chi connectivity index (χ4v) is 3.71. The van der Waals surface area contributed by atoms with Gasteiger partial charge in [-0.2, -0.15) is 0 Å². The summed E-state index contributed by atoms with van der Waals surface area (Å²) in [5, 5.41) is 18.9. The Hall–Kier alpha value is -1.70. The van der Waals surface area contributed by atoms with Crippen LogP contribution in [0, 0.1) is 0 Å². The van der Waals surface area contributed by atoms with Gasteiger partial charge in [0.05, 0.1) is 22.5 Å². The molecule has 2 aromatic carbocycles.